The Morgan fingerprint density at radius 3 is 2.59 bits per heavy atom. The number of likely N-dealkylation sites (N-methyl/N-ethyl adjacent to an activating group) is 1. The van der Waals surface area contributed by atoms with Crippen molar-refractivity contribution in [2.24, 2.45) is 4.99 Å². The molecule has 0 unspecified atom stereocenters. The lowest BCUT2D eigenvalue weighted by Gasteiger charge is -2.30. The number of piperazine rings is 1. The number of quaternary nitrogens is 1. The van der Waals surface area contributed by atoms with Crippen molar-refractivity contribution in [2.75, 3.05) is 33.2 Å². The number of amidine groups is 1. The van der Waals surface area contributed by atoms with Crippen LogP contribution in [0.1, 0.15) is 18.1 Å². The summed E-state index contributed by atoms with van der Waals surface area (Å²) >= 11 is 1.51. The van der Waals surface area contributed by atoms with Crippen LogP contribution in [0.5, 0.6) is 0 Å². The highest BCUT2D eigenvalue weighted by Crippen LogP contribution is 2.30. The third kappa shape index (κ3) is 3.42. The van der Waals surface area contributed by atoms with Crippen molar-refractivity contribution in [2.45, 2.75) is 13.3 Å². The standard InChI is InChI=1S/C17H21N3OS/c1-3-13-4-6-14(7-5-13)12-15-16(21)18-17(22-15)20-10-8-19(2)9-11-20/h4-7,12H,3,8-11H2,1-2H3/p+1/b15-12-. The number of rotatable bonds is 2. The minimum absolute atomic E-state index is 0.106. The summed E-state index contributed by atoms with van der Waals surface area (Å²) in [4.78, 5) is 20.8. The molecule has 1 N–H and O–H groups in total. The zero-order chi connectivity index (χ0) is 15.5. The number of carbonyl (C=O) groups excluding carboxylic acids is 1. The molecule has 5 heteroatoms. The van der Waals surface area contributed by atoms with Gasteiger partial charge in [0.2, 0.25) is 0 Å². The molecule has 0 bridgehead atoms. The van der Waals surface area contributed by atoms with Gasteiger partial charge in [0.05, 0.1) is 38.1 Å². The topological polar surface area (TPSA) is 37.1 Å². The van der Waals surface area contributed by atoms with Gasteiger partial charge in [0.25, 0.3) is 5.91 Å². The maximum atomic E-state index is 12.1. The Kier molecular flexibility index (Phi) is 4.64. The van der Waals surface area contributed by atoms with Crippen molar-refractivity contribution >= 4 is 28.9 Å². The van der Waals surface area contributed by atoms with E-state index in [-0.39, 0.29) is 5.91 Å². The molecule has 22 heavy (non-hydrogen) atoms. The van der Waals surface area contributed by atoms with Crippen molar-refractivity contribution < 1.29 is 9.69 Å². The average molecular weight is 316 g/mol. The second kappa shape index (κ2) is 6.67. The smallest absolute Gasteiger partial charge is 0.286 e. The summed E-state index contributed by atoms with van der Waals surface area (Å²) in [5, 5.41) is 0.869. The number of nitrogens with zero attached hydrogens (tertiary/aromatic N) is 2. The normalized spacial score (nSPS) is 21.5. The number of hydrogen-bond acceptors (Lipinski definition) is 3. The van der Waals surface area contributed by atoms with Crippen LogP contribution >= 0.6 is 11.8 Å². The van der Waals surface area contributed by atoms with Gasteiger partial charge in [-0.05, 0) is 35.4 Å². The van der Waals surface area contributed by atoms with Crippen LogP contribution in [0.4, 0.5) is 0 Å². The molecule has 1 saturated heterocycles. The molecule has 2 heterocycles. The third-order valence-electron chi connectivity index (χ3n) is 4.18. The van der Waals surface area contributed by atoms with Gasteiger partial charge in [0.15, 0.2) is 5.17 Å². The molecule has 0 atom stereocenters. The zero-order valence-corrected chi connectivity index (χ0v) is 13.9. The molecule has 0 aliphatic carbocycles. The van der Waals surface area contributed by atoms with E-state index in [2.05, 4.69) is 48.1 Å². The van der Waals surface area contributed by atoms with E-state index in [0.717, 1.165) is 48.2 Å². The first-order chi connectivity index (χ1) is 10.7. The molecular formula is C17H22N3OS+. The summed E-state index contributed by atoms with van der Waals surface area (Å²) < 4.78 is 0. The summed E-state index contributed by atoms with van der Waals surface area (Å²) in [6.07, 6.45) is 2.98. The first-order valence-corrected chi connectivity index (χ1v) is 8.65. The Bertz CT molecular complexity index is 613. The quantitative estimate of drug-likeness (QED) is 0.829. The number of benzene rings is 1. The average Bonchev–Trinajstić information content (AvgIpc) is 2.90. The number of aryl methyl sites for hydroxylation is 1. The van der Waals surface area contributed by atoms with Crippen molar-refractivity contribution in [3.8, 4) is 0 Å². The molecule has 1 aromatic rings. The van der Waals surface area contributed by atoms with E-state index in [9.17, 15) is 4.79 Å². The molecule has 2 aliphatic heterocycles. The van der Waals surface area contributed by atoms with Gasteiger partial charge < -0.3 is 9.80 Å². The third-order valence-corrected chi connectivity index (χ3v) is 5.23. The highest BCUT2D eigenvalue weighted by molar-refractivity contribution is 8.18. The molecule has 1 aromatic carbocycles. The largest absolute Gasteiger partial charge is 0.339 e. The van der Waals surface area contributed by atoms with Gasteiger partial charge in [-0.2, -0.15) is 4.99 Å². The lowest BCUT2D eigenvalue weighted by molar-refractivity contribution is -0.883. The Balaban J connectivity index is 1.69. The van der Waals surface area contributed by atoms with Crippen LogP contribution in [-0.2, 0) is 11.2 Å². The Morgan fingerprint density at radius 2 is 1.95 bits per heavy atom. The number of amides is 1. The molecular weight excluding hydrogens is 294 g/mol. The number of thioether (sulfide) groups is 1. The van der Waals surface area contributed by atoms with Gasteiger partial charge in [-0.25, -0.2) is 0 Å². The fourth-order valence-corrected chi connectivity index (χ4v) is 3.58. The zero-order valence-electron chi connectivity index (χ0n) is 13.1. The second-order valence-electron chi connectivity index (χ2n) is 5.85. The highest BCUT2D eigenvalue weighted by atomic mass is 32.2. The van der Waals surface area contributed by atoms with Gasteiger partial charge in [-0.15, -0.1) is 0 Å². The molecule has 1 amide bonds. The second-order valence-corrected chi connectivity index (χ2v) is 6.86. The van der Waals surface area contributed by atoms with Crippen LogP contribution in [0, 0.1) is 0 Å². The van der Waals surface area contributed by atoms with E-state index < -0.39 is 0 Å². The monoisotopic (exact) mass is 316 g/mol. The molecule has 116 valence electrons. The van der Waals surface area contributed by atoms with Crippen molar-refractivity contribution in [3.63, 3.8) is 0 Å². The first-order valence-electron chi connectivity index (χ1n) is 7.83. The van der Waals surface area contributed by atoms with Gasteiger partial charge >= 0.3 is 0 Å². The first kappa shape index (κ1) is 15.3. The molecule has 1 fully saturated rings. The van der Waals surface area contributed by atoms with E-state index >= 15 is 0 Å². The van der Waals surface area contributed by atoms with Crippen molar-refractivity contribution in [1.82, 2.24) is 4.90 Å². The van der Waals surface area contributed by atoms with Crippen molar-refractivity contribution in [1.29, 1.82) is 0 Å². The molecule has 0 radical (unpaired) electrons. The van der Waals surface area contributed by atoms with Gasteiger partial charge in [0, 0.05) is 0 Å². The molecule has 4 nitrogen and oxygen atoms in total. The Labute approximate surface area is 135 Å². The van der Waals surface area contributed by atoms with Crippen LogP contribution in [-0.4, -0.2) is 49.2 Å². The number of carbonyl (C=O) groups is 1. The fourth-order valence-electron chi connectivity index (χ4n) is 2.61. The van der Waals surface area contributed by atoms with Crippen molar-refractivity contribution in [3.05, 3.63) is 40.3 Å². The van der Waals surface area contributed by atoms with Crippen LogP contribution in [0.25, 0.3) is 6.08 Å². The summed E-state index contributed by atoms with van der Waals surface area (Å²) in [6, 6.07) is 8.36. The maximum absolute atomic E-state index is 12.1. The molecule has 0 spiro atoms. The molecule has 0 saturated carbocycles. The fraction of sp³-hybridized carbons (Fsp3) is 0.412. The lowest BCUT2D eigenvalue weighted by atomic mass is 10.1. The van der Waals surface area contributed by atoms with Crippen LogP contribution in [0.2, 0.25) is 0 Å². The van der Waals surface area contributed by atoms with E-state index in [0.29, 0.717) is 0 Å². The van der Waals surface area contributed by atoms with Crippen LogP contribution < -0.4 is 4.90 Å². The Morgan fingerprint density at radius 1 is 1.27 bits per heavy atom. The van der Waals surface area contributed by atoms with E-state index in [1.54, 1.807) is 0 Å². The lowest BCUT2D eigenvalue weighted by Crippen LogP contribution is -3.12. The highest BCUT2D eigenvalue weighted by Gasteiger charge is 2.28. The Hall–Kier alpha value is -1.59. The van der Waals surface area contributed by atoms with Gasteiger partial charge in [-0.3, -0.25) is 4.79 Å². The van der Waals surface area contributed by atoms with E-state index in [1.807, 2.05) is 6.08 Å². The number of aliphatic imine (C=N–C) groups is 1. The molecule has 2 aliphatic rings. The maximum Gasteiger partial charge on any atom is 0.286 e. The van der Waals surface area contributed by atoms with E-state index in [1.165, 1.54) is 22.2 Å². The predicted octanol–water partition coefficient (Wildman–Crippen LogP) is 1.05. The summed E-state index contributed by atoms with van der Waals surface area (Å²) in [5.74, 6) is -0.106. The van der Waals surface area contributed by atoms with Gasteiger partial charge in [0.1, 0.15) is 0 Å². The summed E-state index contributed by atoms with van der Waals surface area (Å²) in [5.41, 5.74) is 2.37. The minimum atomic E-state index is -0.106. The number of hydrogen-bond donors (Lipinski definition) is 1. The molecule has 0 aromatic heterocycles. The summed E-state index contributed by atoms with van der Waals surface area (Å²) in [7, 11) is 2.21. The summed E-state index contributed by atoms with van der Waals surface area (Å²) in [6.45, 7) is 6.30. The van der Waals surface area contributed by atoms with Crippen LogP contribution in [0.3, 0.4) is 0 Å². The number of nitrogens with one attached hydrogen (secondary N) is 1. The van der Waals surface area contributed by atoms with Crippen LogP contribution in [0.15, 0.2) is 34.2 Å². The van der Waals surface area contributed by atoms with E-state index in [4.69, 9.17) is 0 Å². The SMILES string of the molecule is CCc1ccc(/C=C2\SC(N3CC[NH+](C)CC3)=NC2=O)cc1. The molecule has 3 rings (SSSR count). The predicted molar refractivity (Wildman–Crippen MR) is 92.0 cm³/mol. The van der Waals surface area contributed by atoms with Gasteiger partial charge in [-0.1, -0.05) is 31.2 Å². The minimum Gasteiger partial charge on any atom is -0.339 e.